The van der Waals surface area contributed by atoms with Crippen molar-refractivity contribution in [1.29, 1.82) is 0 Å². The second kappa shape index (κ2) is 9.06. The van der Waals surface area contributed by atoms with E-state index in [-0.39, 0.29) is 17.7 Å². The van der Waals surface area contributed by atoms with Gasteiger partial charge in [-0.3, -0.25) is 0 Å². The number of nitrogens with zero attached hydrogens (tertiary/aromatic N) is 2. The summed E-state index contributed by atoms with van der Waals surface area (Å²) in [4.78, 5) is 20.3. The molecule has 1 atom stereocenters. The molecule has 154 valence electrons. The molecule has 0 aromatic heterocycles. The van der Waals surface area contributed by atoms with Gasteiger partial charge >= 0.3 is 6.03 Å². The molecule has 0 bridgehead atoms. The molecule has 1 aliphatic rings. The van der Waals surface area contributed by atoms with Gasteiger partial charge in [0.2, 0.25) is 0 Å². The van der Waals surface area contributed by atoms with Crippen molar-refractivity contribution in [3.63, 3.8) is 0 Å². The van der Waals surface area contributed by atoms with Crippen LogP contribution in [-0.2, 0) is 11.4 Å². The molecule has 2 amide bonds. The number of carbonyl (C=O) groups excluding carboxylic acids is 1. The average Bonchev–Trinajstić information content (AvgIpc) is 3.11. The minimum absolute atomic E-state index is 0.132. The van der Waals surface area contributed by atoms with Crippen molar-refractivity contribution >= 4 is 34.9 Å². The Kier molecular flexibility index (Phi) is 6.70. The van der Waals surface area contributed by atoms with E-state index in [4.69, 9.17) is 28.0 Å². The highest BCUT2D eigenvalue weighted by Crippen LogP contribution is 2.26. The van der Waals surface area contributed by atoms with Gasteiger partial charge in [0, 0.05) is 24.1 Å². The van der Waals surface area contributed by atoms with Crippen LogP contribution in [-0.4, -0.2) is 34.8 Å². The molecule has 1 heterocycles. The van der Waals surface area contributed by atoms with E-state index < -0.39 is 0 Å². The Labute approximate surface area is 181 Å². The summed E-state index contributed by atoms with van der Waals surface area (Å²) in [7, 11) is 0. The molecule has 0 spiro atoms. The van der Waals surface area contributed by atoms with Crippen molar-refractivity contribution in [2.75, 3.05) is 6.54 Å². The molecule has 3 rings (SSSR count). The van der Waals surface area contributed by atoms with Gasteiger partial charge in [0.05, 0.1) is 22.3 Å². The van der Waals surface area contributed by atoms with Crippen LogP contribution >= 0.6 is 23.2 Å². The lowest BCUT2D eigenvalue weighted by atomic mass is 10.0. The van der Waals surface area contributed by atoms with Crippen LogP contribution in [0.2, 0.25) is 10.0 Å². The minimum atomic E-state index is -0.329. The predicted octanol–water partition coefficient (Wildman–Crippen LogP) is 5.50. The van der Waals surface area contributed by atoms with Crippen LogP contribution in [0.4, 0.5) is 4.79 Å². The maximum Gasteiger partial charge on any atom is 0.318 e. The molecule has 1 unspecified atom stereocenters. The molecule has 0 aliphatic carbocycles. The summed E-state index contributed by atoms with van der Waals surface area (Å²) < 4.78 is 0. The number of hydrogen-bond donors (Lipinski definition) is 1. The second-order valence-corrected chi connectivity index (χ2v) is 8.96. The third kappa shape index (κ3) is 6.12. The number of carbonyl (C=O) groups is 1. The maximum absolute atomic E-state index is 12.9. The summed E-state index contributed by atoms with van der Waals surface area (Å²) in [5.41, 5.74) is 2.39. The number of benzene rings is 2. The molecule has 29 heavy (non-hydrogen) atoms. The monoisotopic (exact) mass is 433 g/mol. The average molecular weight is 434 g/mol. The fourth-order valence-electron chi connectivity index (χ4n) is 3.04. The van der Waals surface area contributed by atoms with E-state index >= 15 is 0 Å². The van der Waals surface area contributed by atoms with E-state index in [2.05, 4.69) is 10.5 Å². The van der Waals surface area contributed by atoms with Crippen molar-refractivity contribution < 1.29 is 9.63 Å². The molecule has 2 aromatic carbocycles. The minimum Gasteiger partial charge on any atom is -0.390 e. The quantitative estimate of drug-likeness (QED) is 0.676. The lowest BCUT2D eigenvalue weighted by molar-refractivity contribution is 0.0580. The first-order valence-electron chi connectivity index (χ1n) is 9.50. The Bertz CT molecular complexity index is 895. The van der Waals surface area contributed by atoms with Crippen molar-refractivity contribution in [2.45, 2.75) is 45.4 Å². The molecular weight excluding hydrogens is 409 g/mol. The van der Waals surface area contributed by atoms with Crippen LogP contribution in [0.5, 0.6) is 0 Å². The van der Waals surface area contributed by atoms with Gasteiger partial charge in [-0.25, -0.2) is 4.79 Å². The van der Waals surface area contributed by atoms with Gasteiger partial charge < -0.3 is 15.1 Å². The first-order chi connectivity index (χ1) is 13.7. The van der Waals surface area contributed by atoms with Gasteiger partial charge in [-0.15, -0.1) is 0 Å². The smallest absolute Gasteiger partial charge is 0.318 e. The number of urea groups is 1. The van der Waals surface area contributed by atoms with Crippen LogP contribution in [0.3, 0.4) is 0 Å². The van der Waals surface area contributed by atoms with E-state index in [0.29, 0.717) is 29.6 Å². The van der Waals surface area contributed by atoms with E-state index in [9.17, 15) is 4.79 Å². The Morgan fingerprint density at radius 2 is 1.90 bits per heavy atom. The van der Waals surface area contributed by atoms with Crippen molar-refractivity contribution in [2.24, 2.45) is 5.16 Å². The summed E-state index contributed by atoms with van der Waals surface area (Å²) in [6, 6.07) is 15.2. The number of halogens is 2. The maximum atomic E-state index is 12.9. The first-order valence-corrected chi connectivity index (χ1v) is 10.3. The van der Waals surface area contributed by atoms with Crippen molar-refractivity contribution in [3.8, 4) is 0 Å². The summed E-state index contributed by atoms with van der Waals surface area (Å²) in [6.45, 7) is 6.80. The number of oxime groups is 1. The lowest BCUT2D eigenvalue weighted by Gasteiger charge is -2.29. The Morgan fingerprint density at radius 1 is 1.17 bits per heavy atom. The van der Waals surface area contributed by atoms with E-state index in [0.717, 1.165) is 16.8 Å². The summed E-state index contributed by atoms with van der Waals surface area (Å²) >= 11 is 12.1. The zero-order valence-corrected chi connectivity index (χ0v) is 18.3. The summed E-state index contributed by atoms with van der Waals surface area (Å²) in [5.74, 6) is 0. The molecular formula is C22H25Cl2N3O2. The third-order valence-electron chi connectivity index (χ3n) is 4.40. The van der Waals surface area contributed by atoms with Crippen LogP contribution in [0.25, 0.3) is 0 Å². The zero-order chi connectivity index (χ0) is 21.0. The lowest BCUT2D eigenvalue weighted by Crippen LogP contribution is -2.50. The zero-order valence-electron chi connectivity index (χ0n) is 16.8. The topological polar surface area (TPSA) is 53.9 Å². The van der Waals surface area contributed by atoms with Crippen LogP contribution in [0.15, 0.2) is 53.7 Å². The van der Waals surface area contributed by atoms with Crippen molar-refractivity contribution in [3.05, 3.63) is 69.7 Å². The van der Waals surface area contributed by atoms with Gasteiger partial charge in [0.15, 0.2) is 6.10 Å². The number of amides is 2. The third-order valence-corrected chi connectivity index (χ3v) is 5.13. The van der Waals surface area contributed by atoms with Crippen LogP contribution < -0.4 is 5.32 Å². The van der Waals surface area contributed by atoms with Gasteiger partial charge in [0.25, 0.3) is 0 Å². The molecule has 5 nitrogen and oxygen atoms in total. The summed E-state index contributed by atoms with van der Waals surface area (Å²) in [6.07, 6.45) is 0.361. The molecule has 1 N–H and O–H groups in total. The van der Waals surface area contributed by atoms with Crippen LogP contribution in [0.1, 0.15) is 38.3 Å². The summed E-state index contributed by atoms with van der Waals surface area (Å²) in [5, 5.41) is 8.22. The Balaban J connectivity index is 1.69. The van der Waals surface area contributed by atoms with E-state index in [1.165, 1.54) is 0 Å². The first kappa shape index (κ1) is 21.5. The Hall–Kier alpha value is -2.24. The highest BCUT2D eigenvalue weighted by atomic mass is 35.5. The SMILES string of the molecule is CC(C)(C)NC(=O)N(Cc1ccccc1)CC1CC(c2ccc(Cl)c(Cl)c2)=NO1. The normalized spacial score (nSPS) is 16.2. The largest absolute Gasteiger partial charge is 0.390 e. The van der Waals surface area contributed by atoms with E-state index in [1.54, 1.807) is 17.0 Å². The molecule has 1 aliphatic heterocycles. The number of nitrogens with one attached hydrogen (secondary N) is 1. The highest BCUT2D eigenvalue weighted by molar-refractivity contribution is 6.42. The van der Waals surface area contributed by atoms with Crippen LogP contribution in [0, 0.1) is 0 Å². The number of rotatable bonds is 5. The fraction of sp³-hybridized carbons (Fsp3) is 0.364. The standard InChI is InChI=1S/C22H25Cl2N3O2/c1-22(2,3)25-21(28)27(13-15-7-5-4-6-8-15)14-17-12-20(26-29-17)16-9-10-18(23)19(24)11-16/h4-11,17H,12-14H2,1-3H3,(H,25,28). The van der Waals surface area contributed by atoms with Crippen molar-refractivity contribution in [1.82, 2.24) is 10.2 Å². The molecule has 0 radical (unpaired) electrons. The Morgan fingerprint density at radius 3 is 2.55 bits per heavy atom. The molecule has 0 fully saturated rings. The van der Waals surface area contributed by atoms with Gasteiger partial charge in [-0.2, -0.15) is 0 Å². The van der Waals surface area contributed by atoms with Gasteiger partial charge in [-0.1, -0.05) is 64.8 Å². The second-order valence-electron chi connectivity index (χ2n) is 8.14. The molecule has 7 heteroatoms. The van der Waals surface area contributed by atoms with E-state index in [1.807, 2.05) is 57.2 Å². The van der Waals surface area contributed by atoms with Gasteiger partial charge in [-0.05, 0) is 38.5 Å². The predicted molar refractivity (Wildman–Crippen MR) is 118 cm³/mol. The van der Waals surface area contributed by atoms with Gasteiger partial charge in [0.1, 0.15) is 0 Å². The number of hydrogen-bond acceptors (Lipinski definition) is 3. The molecule has 0 saturated carbocycles. The molecule has 0 saturated heterocycles. The highest BCUT2D eigenvalue weighted by Gasteiger charge is 2.28. The molecule has 2 aromatic rings. The fourth-order valence-corrected chi connectivity index (χ4v) is 3.34.